The molecular weight excluding hydrogens is 256 g/mol. The average molecular weight is 286 g/mol. The van der Waals surface area contributed by atoms with E-state index < -0.39 is 18.3 Å². The van der Waals surface area contributed by atoms with Crippen LogP contribution in [0.15, 0.2) is 12.7 Å². The molecule has 4 atom stereocenters. The molecule has 1 rings (SSSR count). The van der Waals surface area contributed by atoms with Crippen molar-refractivity contribution in [1.29, 1.82) is 0 Å². The first-order valence-corrected chi connectivity index (χ1v) is 7.94. The predicted molar refractivity (Wildman–Crippen MR) is 79.5 cm³/mol. The molecule has 0 unspecified atom stereocenters. The summed E-state index contributed by atoms with van der Waals surface area (Å²) in [5.41, 5.74) is 0. The molecule has 20 heavy (non-hydrogen) atoms. The summed E-state index contributed by atoms with van der Waals surface area (Å²) in [7, 11) is 0. The van der Waals surface area contributed by atoms with E-state index in [0.29, 0.717) is 0 Å². The van der Waals surface area contributed by atoms with Crippen LogP contribution in [0.3, 0.4) is 0 Å². The van der Waals surface area contributed by atoms with Gasteiger partial charge in [-0.1, -0.05) is 44.6 Å². The second kappa shape index (κ2) is 10.3. The van der Waals surface area contributed by atoms with Crippen molar-refractivity contribution in [2.24, 2.45) is 0 Å². The summed E-state index contributed by atoms with van der Waals surface area (Å²) in [6.45, 7) is 3.48. The van der Waals surface area contributed by atoms with Crippen LogP contribution in [0, 0.1) is 0 Å². The van der Waals surface area contributed by atoms with Gasteiger partial charge < -0.3 is 20.1 Å². The number of aliphatic hydroxyl groups is 3. The third-order valence-corrected chi connectivity index (χ3v) is 4.04. The standard InChI is InChI=1S/C16H30O4/c1-2-3-4-5-6-7-8-9-10-11-13-15(18)16(19)14(12-17)20-13/h2,13-19H,1,3-12H2/t13-,14+,15+,16+/m0/s1. The largest absolute Gasteiger partial charge is 0.394 e. The van der Waals surface area contributed by atoms with Gasteiger partial charge in [-0.15, -0.1) is 6.58 Å². The van der Waals surface area contributed by atoms with Crippen LogP contribution >= 0.6 is 0 Å². The van der Waals surface area contributed by atoms with Gasteiger partial charge in [-0.25, -0.2) is 0 Å². The molecule has 0 amide bonds. The van der Waals surface area contributed by atoms with Crippen molar-refractivity contribution in [2.75, 3.05) is 6.61 Å². The van der Waals surface area contributed by atoms with Crippen molar-refractivity contribution in [3.8, 4) is 0 Å². The SMILES string of the molecule is C=CCCCCCCCCC[C@@H]1O[C@H](CO)[C@@H](O)[C@@H]1O. The van der Waals surface area contributed by atoms with Crippen LogP contribution in [0.25, 0.3) is 0 Å². The van der Waals surface area contributed by atoms with E-state index in [1.807, 2.05) is 6.08 Å². The van der Waals surface area contributed by atoms with Crippen molar-refractivity contribution in [3.05, 3.63) is 12.7 Å². The molecule has 1 aliphatic rings. The minimum atomic E-state index is -0.949. The monoisotopic (exact) mass is 286 g/mol. The molecule has 0 saturated carbocycles. The number of ether oxygens (including phenoxy) is 1. The van der Waals surface area contributed by atoms with Crippen LogP contribution in [0.5, 0.6) is 0 Å². The number of hydrogen-bond acceptors (Lipinski definition) is 4. The van der Waals surface area contributed by atoms with Gasteiger partial charge in [0.2, 0.25) is 0 Å². The van der Waals surface area contributed by atoms with Crippen molar-refractivity contribution >= 4 is 0 Å². The van der Waals surface area contributed by atoms with Crippen molar-refractivity contribution < 1.29 is 20.1 Å². The average Bonchev–Trinajstić information content (AvgIpc) is 2.73. The Kier molecular flexibility index (Phi) is 9.10. The molecule has 4 heteroatoms. The molecule has 0 spiro atoms. The predicted octanol–water partition coefficient (Wildman–Crippen LogP) is 2.16. The summed E-state index contributed by atoms with van der Waals surface area (Å²) in [5.74, 6) is 0. The maximum atomic E-state index is 9.79. The van der Waals surface area contributed by atoms with E-state index in [2.05, 4.69) is 6.58 Å². The lowest BCUT2D eigenvalue weighted by Crippen LogP contribution is -2.33. The highest BCUT2D eigenvalue weighted by atomic mass is 16.6. The second-order valence-corrected chi connectivity index (χ2v) is 5.72. The molecule has 0 aromatic rings. The van der Waals surface area contributed by atoms with Crippen LogP contribution < -0.4 is 0 Å². The quantitative estimate of drug-likeness (QED) is 0.402. The molecule has 1 heterocycles. The Labute approximate surface area is 122 Å². The Bertz CT molecular complexity index is 257. The molecule has 118 valence electrons. The third-order valence-electron chi connectivity index (χ3n) is 4.04. The van der Waals surface area contributed by atoms with Gasteiger partial charge in [-0.3, -0.25) is 0 Å². The molecule has 0 aromatic heterocycles. The Hall–Kier alpha value is -0.420. The molecule has 0 bridgehead atoms. The summed E-state index contributed by atoms with van der Waals surface area (Å²) >= 11 is 0. The zero-order chi connectivity index (χ0) is 14.8. The van der Waals surface area contributed by atoms with E-state index >= 15 is 0 Å². The topological polar surface area (TPSA) is 69.9 Å². The number of unbranched alkanes of at least 4 members (excludes halogenated alkanes) is 7. The lowest BCUT2D eigenvalue weighted by atomic mass is 10.0. The number of hydrogen-bond donors (Lipinski definition) is 3. The molecular formula is C16H30O4. The summed E-state index contributed by atoms with van der Waals surface area (Å²) in [5, 5.41) is 28.4. The van der Waals surface area contributed by atoms with E-state index in [9.17, 15) is 10.2 Å². The fourth-order valence-electron chi connectivity index (χ4n) is 2.73. The highest BCUT2D eigenvalue weighted by Crippen LogP contribution is 2.25. The van der Waals surface area contributed by atoms with E-state index in [-0.39, 0.29) is 12.7 Å². The van der Waals surface area contributed by atoms with Gasteiger partial charge in [-0.05, 0) is 19.3 Å². The van der Waals surface area contributed by atoms with Gasteiger partial charge in [-0.2, -0.15) is 0 Å². The first kappa shape index (κ1) is 17.6. The molecule has 0 aromatic carbocycles. The minimum Gasteiger partial charge on any atom is -0.394 e. The van der Waals surface area contributed by atoms with Crippen molar-refractivity contribution in [2.45, 2.75) is 82.2 Å². The summed E-state index contributed by atoms with van der Waals surface area (Å²) < 4.78 is 5.45. The molecule has 0 aliphatic carbocycles. The van der Waals surface area contributed by atoms with E-state index in [1.165, 1.54) is 32.1 Å². The Morgan fingerprint density at radius 3 is 1.95 bits per heavy atom. The number of aliphatic hydroxyl groups excluding tert-OH is 3. The lowest BCUT2D eigenvalue weighted by molar-refractivity contribution is -0.0246. The maximum Gasteiger partial charge on any atom is 0.111 e. The zero-order valence-corrected chi connectivity index (χ0v) is 12.4. The Balaban J connectivity index is 1.98. The minimum absolute atomic E-state index is 0.237. The summed E-state index contributed by atoms with van der Waals surface area (Å²) in [6, 6.07) is 0. The summed E-state index contributed by atoms with van der Waals surface area (Å²) in [4.78, 5) is 0. The Morgan fingerprint density at radius 1 is 0.850 bits per heavy atom. The smallest absolute Gasteiger partial charge is 0.111 e. The normalized spacial score (nSPS) is 29.8. The van der Waals surface area contributed by atoms with E-state index in [4.69, 9.17) is 9.84 Å². The second-order valence-electron chi connectivity index (χ2n) is 5.72. The van der Waals surface area contributed by atoms with Crippen molar-refractivity contribution in [3.63, 3.8) is 0 Å². The van der Waals surface area contributed by atoms with Crippen LogP contribution in [0.2, 0.25) is 0 Å². The first-order valence-electron chi connectivity index (χ1n) is 7.94. The van der Waals surface area contributed by atoms with E-state index in [1.54, 1.807) is 0 Å². The Morgan fingerprint density at radius 2 is 1.40 bits per heavy atom. The fraction of sp³-hybridized carbons (Fsp3) is 0.875. The van der Waals surface area contributed by atoms with Gasteiger partial charge in [0.1, 0.15) is 18.3 Å². The van der Waals surface area contributed by atoms with Gasteiger partial charge >= 0.3 is 0 Å². The van der Waals surface area contributed by atoms with Crippen LogP contribution in [-0.4, -0.2) is 46.3 Å². The summed E-state index contributed by atoms with van der Waals surface area (Å²) in [6.07, 6.45) is 9.49. The number of allylic oxidation sites excluding steroid dienone is 1. The molecule has 3 N–H and O–H groups in total. The van der Waals surface area contributed by atoms with Gasteiger partial charge in [0.05, 0.1) is 12.7 Å². The third kappa shape index (κ3) is 5.92. The van der Waals surface area contributed by atoms with Crippen LogP contribution in [0.4, 0.5) is 0 Å². The lowest BCUT2D eigenvalue weighted by Gasteiger charge is -2.14. The van der Waals surface area contributed by atoms with Gasteiger partial charge in [0, 0.05) is 0 Å². The fourth-order valence-corrected chi connectivity index (χ4v) is 2.73. The van der Waals surface area contributed by atoms with E-state index in [0.717, 1.165) is 25.7 Å². The van der Waals surface area contributed by atoms with Gasteiger partial charge in [0.15, 0.2) is 0 Å². The number of rotatable bonds is 11. The van der Waals surface area contributed by atoms with Crippen molar-refractivity contribution in [1.82, 2.24) is 0 Å². The molecule has 1 fully saturated rings. The molecule has 4 nitrogen and oxygen atoms in total. The van der Waals surface area contributed by atoms with Crippen LogP contribution in [-0.2, 0) is 4.74 Å². The molecule has 0 radical (unpaired) electrons. The highest BCUT2D eigenvalue weighted by molar-refractivity contribution is 4.90. The molecule has 1 saturated heterocycles. The zero-order valence-electron chi connectivity index (χ0n) is 12.4. The van der Waals surface area contributed by atoms with Gasteiger partial charge in [0.25, 0.3) is 0 Å². The first-order chi connectivity index (χ1) is 9.70. The van der Waals surface area contributed by atoms with Crippen LogP contribution in [0.1, 0.15) is 57.8 Å². The molecule has 1 aliphatic heterocycles. The highest BCUT2D eigenvalue weighted by Gasteiger charge is 2.41. The maximum absolute atomic E-state index is 9.79.